The molecule has 2 unspecified atom stereocenters. The molecule has 2 aliphatic heterocycles. The highest BCUT2D eigenvalue weighted by molar-refractivity contribution is 5.44. The van der Waals surface area contributed by atoms with Gasteiger partial charge < -0.3 is 20.3 Å². The van der Waals surface area contributed by atoms with E-state index in [0.29, 0.717) is 6.04 Å². The zero-order valence-electron chi connectivity index (χ0n) is 10.9. The summed E-state index contributed by atoms with van der Waals surface area (Å²) in [4.78, 5) is 4.47. The van der Waals surface area contributed by atoms with Crippen LogP contribution >= 0.6 is 0 Å². The molecule has 18 heavy (non-hydrogen) atoms. The van der Waals surface area contributed by atoms with Crippen LogP contribution in [0.25, 0.3) is 0 Å². The highest BCUT2D eigenvalue weighted by Gasteiger charge is 2.26. The van der Waals surface area contributed by atoms with Gasteiger partial charge in [-0.05, 0) is 31.7 Å². The maximum Gasteiger partial charge on any atom is 0.147 e. The summed E-state index contributed by atoms with van der Waals surface area (Å²) in [5.41, 5.74) is 1.31. The summed E-state index contributed by atoms with van der Waals surface area (Å²) in [5, 5.41) is 16.0. The molecule has 0 saturated carbocycles. The molecule has 0 radical (unpaired) electrons. The van der Waals surface area contributed by atoms with Crippen molar-refractivity contribution in [2.75, 3.05) is 25.0 Å². The van der Waals surface area contributed by atoms with Crippen molar-refractivity contribution in [1.82, 2.24) is 14.9 Å². The molecule has 0 aromatic carbocycles. The van der Waals surface area contributed by atoms with E-state index in [9.17, 15) is 5.11 Å². The van der Waals surface area contributed by atoms with Crippen molar-refractivity contribution in [1.29, 1.82) is 0 Å². The topological polar surface area (TPSA) is 62.1 Å². The third-order valence-corrected chi connectivity index (χ3v) is 4.13. The Morgan fingerprint density at radius 2 is 2.39 bits per heavy atom. The highest BCUT2D eigenvalue weighted by Crippen LogP contribution is 2.29. The first-order valence-corrected chi connectivity index (χ1v) is 6.91. The van der Waals surface area contributed by atoms with E-state index in [0.717, 1.165) is 37.7 Å². The summed E-state index contributed by atoms with van der Waals surface area (Å²) in [6, 6.07) is 0.696. The molecule has 1 aromatic heterocycles. The highest BCUT2D eigenvalue weighted by atomic mass is 16.3. The number of piperidine rings is 1. The Balaban J connectivity index is 1.80. The van der Waals surface area contributed by atoms with E-state index in [2.05, 4.69) is 27.1 Å². The lowest BCUT2D eigenvalue weighted by atomic mass is 9.96. The van der Waals surface area contributed by atoms with E-state index >= 15 is 0 Å². The summed E-state index contributed by atoms with van der Waals surface area (Å²) in [5.74, 6) is 1.70. The first kappa shape index (κ1) is 12.0. The SMILES string of the molecule is C[C@H]1CNCC(n2cnc3c2CCC(CO)N3)C1. The Labute approximate surface area is 108 Å². The van der Waals surface area contributed by atoms with E-state index in [1.165, 1.54) is 12.1 Å². The molecule has 5 nitrogen and oxygen atoms in total. The lowest BCUT2D eigenvalue weighted by Crippen LogP contribution is -2.37. The van der Waals surface area contributed by atoms with Crippen LogP contribution < -0.4 is 10.6 Å². The first-order valence-electron chi connectivity index (χ1n) is 6.91. The number of imidazole rings is 1. The monoisotopic (exact) mass is 250 g/mol. The van der Waals surface area contributed by atoms with Crippen LogP contribution in [0.1, 0.15) is 31.5 Å². The number of fused-ring (bicyclic) bond motifs is 1. The molecule has 3 atom stereocenters. The van der Waals surface area contributed by atoms with Gasteiger partial charge in [-0.2, -0.15) is 0 Å². The average molecular weight is 250 g/mol. The van der Waals surface area contributed by atoms with Crippen molar-refractivity contribution < 1.29 is 5.11 Å². The number of aliphatic hydroxyl groups is 1. The van der Waals surface area contributed by atoms with Crippen LogP contribution in [0, 0.1) is 5.92 Å². The van der Waals surface area contributed by atoms with Crippen molar-refractivity contribution in [3.05, 3.63) is 12.0 Å². The zero-order valence-corrected chi connectivity index (χ0v) is 10.9. The van der Waals surface area contributed by atoms with Crippen molar-refractivity contribution >= 4 is 5.82 Å². The number of nitrogens with zero attached hydrogens (tertiary/aromatic N) is 2. The third-order valence-electron chi connectivity index (χ3n) is 4.13. The maximum atomic E-state index is 9.20. The fourth-order valence-corrected chi connectivity index (χ4v) is 3.12. The molecule has 0 amide bonds. The molecule has 3 rings (SSSR count). The average Bonchev–Trinajstić information content (AvgIpc) is 2.81. The van der Waals surface area contributed by atoms with Gasteiger partial charge in [0.15, 0.2) is 0 Å². The molecule has 1 fully saturated rings. The minimum Gasteiger partial charge on any atom is -0.394 e. The number of nitrogens with one attached hydrogen (secondary N) is 2. The molecular weight excluding hydrogens is 228 g/mol. The van der Waals surface area contributed by atoms with E-state index in [1.807, 2.05) is 6.33 Å². The summed E-state index contributed by atoms with van der Waals surface area (Å²) in [6.07, 6.45) is 5.18. The largest absolute Gasteiger partial charge is 0.394 e. The van der Waals surface area contributed by atoms with Gasteiger partial charge in [0.25, 0.3) is 0 Å². The Morgan fingerprint density at radius 1 is 1.50 bits per heavy atom. The summed E-state index contributed by atoms with van der Waals surface area (Å²) < 4.78 is 2.33. The minimum absolute atomic E-state index is 0.171. The van der Waals surface area contributed by atoms with Crippen molar-refractivity contribution in [3.63, 3.8) is 0 Å². The van der Waals surface area contributed by atoms with Gasteiger partial charge in [0.2, 0.25) is 0 Å². The van der Waals surface area contributed by atoms with Crippen LogP contribution in [-0.4, -0.2) is 40.4 Å². The second-order valence-corrected chi connectivity index (χ2v) is 5.66. The molecule has 1 saturated heterocycles. The fourth-order valence-electron chi connectivity index (χ4n) is 3.12. The normalized spacial score (nSPS) is 31.8. The number of aromatic nitrogens is 2. The summed E-state index contributed by atoms with van der Waals surface area (Å²) in [7, 11) is 0. The number of hydrogen-bond acceptors (Lipinski definition) is 4. The van der Waals surface area contributed by atoms with Gasteiger partial charge in [-0.15, -0.1) is 0 Å². The molecule has 1 aromatic rings. The number of rotatable bonds is 2. The van der Waals surface area contributed by atoms with Gasteiger partial charge in [-0.1, -0.05) is 6.92 Å². The molecule has 5 heteroatoms. The zero-order chi connectivity index (χ0) is 12.5. The number of hydrogen-bond donors (Lipinski definition) is 3. The van der Waals surface area contributed by atoms with Gasteiger partial charge in [0.05, 0.1) is 24.7 Å². The Kier molecular flexibility index (Phi) is 3.26. The smallest absolute Gasteiger partial charge is 0.147 e. The Hall–Kier alpha value is -1.07. The lowest BCUT2D eigenvalue weighted by Gasteiger charge is -2.31. The van der Waals surface area contributed by atoms with Gasteiger partial charge in [-0.25, -0.2) is 4.98 Å². The molecule has 2 aliphatic rings. The molecule has 0 aliphatic carbocycles. The quantitative estimate of drug-likeness (QED) is 0.725. The lowest BCUT2D eigenvalue weighted by molar-refractivity contribution is 0.263. The third kappa shape index (κ3) is 2.12. The van der Waals surface area contributed by atoms with Crippen molar-refractivity contribution in [2.24, 2.45) is 5.92 Å². The fraction of sp³-hybridized carbons (Fsp3) is 0.769. The second-order valence-electron chi connectivity index (χ2n) is 5.66. The molecule has 100 valence electrons. The van der Waals surface area contributed by atoms with Crippen LogP contribution in [0.5, 0.6) is 0 Å². The van der Waals surface area contributed by atoms with Crippen molar-refractivity contribution in [3.8, 4) is 0 Å². The van der Waals surface area contributed by atoms with Gasteiger partial charge in [-0.3, -0.25) is 0 Å². The predicted octanol–water partition coefficient (Wildman–Crippen LogP) is 0.773. The van der Waals surface area contributed by atoms with Crippen LogP contribution in [0.3, 0.4) is 0 Å². The predicted molar refractivity (Wildman–Crippen MR) is 70.7 cm³/mol. The summed E-state index contributed by atoms with van der Waals surface area (Å²) in [6.45, 7) is 4.64. The minimum atomic E-state index is 0.171. The number of anilines is 1. The summed E-state index contributed by atoms with van der Waals surface area (Å²) >= 11 is 0. The van der Waals surface area contributed by atoms with E-state index in [1.54, 1.807) is 0 Å². The molecule has 0 bridgehead atoms. The van der Waals surface area contributed by atoms with Gasteiger partial charge in [0, 0.05) is 12.6 Å². The molecule has 3 N–H and O–H groups in total. The van der Waals surface area contributed by atoms with Crippen LogP contribution in [0.4, 0.5) is 5.82 Å². The van der Waals surface area contributed by atoms with E-state index in [-0.39, 0.29) is 12.6 Å². The van der Waals surface area contributed by atoms with Crippen LogP contribution in [0.15, 0.2) is 6.33 Å². The molecule has 3 heterocycles. The second kappa shape index (κ2) is 4.90. The van der Waals surface area contributed by atoms with Crippen LogP contribution in [0.2, 0.25) is 0 Å². The van der Waals surface area contributed by atoms with Gasteiger partial charge >= 0.3 is 0 Å². The maximum absolute atomic E-state index is 9.20. The van der Waals surface area contributed by atoms with Gasteiger partial charge in [0.1, 0.15) is 5.82 Å². The Morgan fingerprint density at radius 3 is 3.17 bits per heavy atom. The first-order chi connectivity index (χ1) is 8.78. The standard InChI is InChI=1S/C13H22N4O/c1-9-4-11(6-14-5-9)17-8-15-13-12(17)3-2-10(7-18)16-13/h8-11,14,16,18H,2-7H2,1H3/t9-,10?,11?/m1/s1. The van der Waals surface area contributed by atoms with Crippen molar-refractivity contribution in [2.45, 2.75) is 38.3 Å². The number of aliphatic hydroxyl groups excluding tert-OH is 1. The van der Waals surface area contributed by atoms with Crippen LogP contribution in [-0.2, 0) is 6.42 Å². The molecular formula is C13H22N4O. The molecule has 0 spiro atoms. The Bertz CT molecular complexity index is 417. The van der Waals surface area contributed by atoms with E-state index < -0.39 is 0 Å². The van der Waals surface area contributed by atoms with E-state index in [4.69, 9.17) is 0 Å².